The summed E-state index contributed by atoms with van der Waals surface area (Å²) in [6.07, 6.45) is 1.14. The van der Waals surface area contributed by atoms with E-state index in [0.717, 1.165) is 25.9 Å². The van der Waals surface area contributed by atoms with Crippen molar-refractivity contribution in [3.63, 3.8) is 0 Å². The van der Waals surface area contributed by atoms with E-state index in [1.54, 1.807) is 17.0 Å². The van der Waals surface area contributed by atoms with Gasteiger partial charge < -0.3 is 29.4 Å². The summed E-state index contributed by atoms with van der Waals surface area (Å²) in [4.78, 5) is 37.7. The summed E-state index contributed by atoms with van der Waals surface area (Å²) < 4.78 is 25.0. The minimum Gasteiger partial charge on any atom is -0.455 e. The molecule has 38 heavy (non-hydrogen) atoms. The molecular formula is C25H33N7O6. The lowest BCUT2D eigenvalue weighted by Gasteiger charge is -2.24. The van der Waals surface area contributed by atoms with E-state index in [-0.39, 0.29) is 11.5 Å². The molecule has 2 unspecified atom stereocenters. The van der Waals surface area contributed by atoms with Gasteiger partial charge in [-0.25, -0.2) is 15.0 Å². The van der Waals surface area contributed by atoms with Gasteiger partial charge in [0.2, 0.25) is 0 Å². The molecule has 2 aliphatic rings. The van der Waals surface area contributed by atoms with Crippen molar-refractivity contribution in [1.82, 2.24) is 30.0 Å². The zero-order valence-corrected chi connectivity index (χ0v) is 22.1. The van der Waals surface area contributed by atoms with Gasteiger partial charge in [-0.3, -0.25) is 14.2 Å². The summed E-state index contributed by atoms with van der Waals surface area (Å²) in [5.74, 6) is -0.140. The molecule has 5 rings (SSSR count). The van der Waals surface area contributed by atoms with Crippen LogP contribution in [0.3, 0.4) is 0 Å². The Morgan fingerprint density at radius 1 is 1.08 bits per heavy atom. The number of carbonyl (C=O) groups is 2. The van der Waals surface area contributed by atoms with Crippen LogP contribution in [0.2, 0.25) is 0 Å². The number of anilines is 1. The third kappa shape index (κ3) is 5.20. The number of imidazole rings is 1. The molecule has 2 N–H and O–H groups in total. The normalized spacial score (nSPS) is 24.4. The third-order valence-electron chi connectivity index (χ3n) is 6.68. The van der Waals surface area contributed by atoms with Crippen LogP contribution in [0.25, 0.3) is 11.2 Å². The molecule has 204 valence electrons. The van der Waals surface area contributed by atoms with Gasteiger partial charge in [-0.2, -0.15) is 0 Å². The van der Waals surface area contributed by atoms with Crippen LogP contribution in [0.4, 0.5) is 5.82 Å². The van der Waals surface area contributed by atoms with E-state index in [1.807, 2.05) is 20.8 Å². The summed E-state index contributed by atoms with van der Waals surface area (Å²) in [6, 6.07) is 2.03. The largest absolute Gasteiger partial charge is 0.455 e. The predicted molar refractivity (Wildman–Crippen MR) is 134 cm³/mol. The van der Waals surface area contributed by atoms with Gasteiger partial charge in [-0.15, -0.1) is 0 Å². The number of rotatable bonds is 6. The van der Waals surface area contributed by atoms with Gasteiger partial charge in [0.25, 0.3) is 0 Å². The van der Waals surface area contributed by atoms with E-state index in [0.29, 0.717) is 28.4 Å². The van der Waals surface area contributed by atoms with E-state index in [9.17, 15) is 9.59 Å². The SMILES string of the molecule is CC(=O)OC1C(c2cc(C(C)(C)C)no2)O[C@@H](n2cnc3c(NC4CCNCC4)ncnc32)[C@@H]1OC(C)=O. The van der Waals surface area contributed by atoms with E-state index in [4.69, 9.17) is 18.7 Å². The van der Waals surface area contributed by atoms with Crippen LogP contribution in [0.5, 0.6) is 0 Å². The highest BCUT2D eigenvalue weighted by Crippen LogP contribution is 2.44. The number of carbonyl (C=O) groups excluding carboxylic acids is 2. The van der Waals surface area contributed by atoms with E-state index >= 15 is 0 Å². The average Bonchev–Trinajstić information content (AvgIpc) is 3.58. The molecule has 0 radical (unpaired) electrons. The maximum absolute atomic E-state index is 12.1. The third-order valence-corrected chi connectivity index (χ3v) is 6.68. The maximum atomic E-state index is 12.1. The summed E-state index contributed by atoms with van der Waals surface area (Å²) in [6.45, 7) is 10.4. The van der Waals surface area contributed by atoms with Gasteiger partial charge in [0.05, 0.1) is 12.0 Å². The van der Waals surface area contributed by atoms with Gasteiger partial charge in [-0.1, -0.05) is 25.9 Å². The van der Waals surface area contributed by atoms with Crippen LogP contribution in [0.15, 0.2) is 23.2 Å². The first-order valence-corrected chi connectivity index (χ1v) is 12.7. The summed E-state index contributed by atoms with van der Waals surface area (Å²) in [7, 11) is 0. The van der Waals surface area contributed by atoms with Gasteiger partial charge in [0, 0.05) is 31.4 Å². The minimum atomic E-state index is -1.00. The van der Waals surface area contributed by atoms with Crippen LogP contribution in [0, 0.1) is 0 Å². The average molecular weight is 528 g/mol. The lowest BCUT2D eigenvalue weighted by Crippen LogP contribution is -2.36. The smallest absolute Gasteiger partial charge is 0.303 e. The molecule has 13 nitrogen and oxygen atoms in total. The van der Waals surface area contributed by atoms with Crippen LogP contribution in [0.1, 0.15) is 71.2 Å². The number of hydrogen-bond acceptors (Lipinski definition) is 12. The Kier molecular flexibility index (Phi) is 7.05. The molecule has 3 aromatic heterocycles. The van der Waals surface area contributed by atoms with Gasteiger partial charge in [-0.05, 0) is 25.9 Å². The second kappa shape index (κ2) is 10.3. The van der Waals surface area contributed by atoms with Crippen molar-refractivity contribution in [3.8, 4) is 0 Å². The van der Waals surface area contributed by atoms with E-state index in [2.05, 4.69) is 30.7 Å². The Bertz CT molecular complexity index is 1310. The molecule has 0 aliphatic carbocycles. The molecule has 0 aromatic carbocycles. The zero-order valence-electron chi connectivity index (χ0n) is 22.1. The van der Waals surface area contributed by atoms with Gasteiger partial charge in [0.1, 0.15) is 6.33 Å². The molecule has 0 amide bonds. The number of fused-ring (bicyclic) bond motifs is 1. The molecule has 0 bridgehead atoms. The van der Waals surface area contributed by atoms with E-state index in [1.165, 1.54) is 20.2 Å². The lowest BCUT2D eigenvalue weighted by atomic mass is 9.92. The van der Waals surface area contributed by atoms with Gasteiger partial charge in [0.15, 0.2) is 47.3 Å². The second-order valence-corrected chi connectivity index (χ2v) is 10.7. The first-order chi connectivity index (χ1) is 18.1. The number of esters is 2. The van der Waals surface area contributed by atoms with Crippen molar-refractivity contribution in [3.05, 3.63) is 30.2 Å². The van der Waals surface area contributed by atoms with E-state index < -0.39 is 36.5 Å². The minimum absolute atomic E-state index is 0.261. The topological polar surface area (TPSA) is 156 Å². The van der Waals surface area contributed by atoms with Crippen LogP contribution in [-0.2, 0) is 29.2 Å². The Hall–Kier alpha value is -3.58. The van der Waals surface area contributed by atoms with Crippen LogP contribution >= 0.6 is 0 Å². The van der Waals surface area contributed by atoms with Crippen molar-refractivity contribution in [2.45, 2.75) is 83.5 Å². The highest BCUT2D eigenvalue weighted by molar-refractivity contribution is 5.83. The fourth-order valence-corrected chi connectivity index (χ4v) is 4.81. The standard InChI is InChI=1S/C25H33N7O6/c1-13(33)35-20-19(16-10-17(31-38-16)25(3,4)5)37-24(21(20)36-14(2)34)32-12-29-18-22(27-11-28-23(18)32)30-15-6-8-26-9-7-15/h10-12,15,19-21,24,26H,6-9H2,1-5H3,(H,27,28,30)/t19?,20?,21-,24-/m1/s1. The fraction of sp³-hybridized carbons (Fsp3) is 0.600. The number of ether oxygens (including phenoxy) is 3. The number of piperidine rings is 1. The second-order valence-electron chi connectivity index (χ2n) is 10.7. The number of aromatic nitrogens is 5. The molecule has 5 heterocycles. The molecule has 4 atom stereocenters. The Labute approximate surface area is 219 Å². The van der Waals surface area contributed by atoms with Gasteiger partial charge >= 0.3 is 11.9 Å². The predicted octanol–water partition coefficient (Wildman–Crippen LogP) is 2.41. The molecule has 2 fully saturated rings. The van der Waals surface area contributed by atoms with Crippen molar-refractivity contribution in [2.24, 2.45) is 0 Å². The monoisotopic (exact) mass is 527 g/mol. The first-order valence-electron chi connectivity index (χ1n) is 12.7. The van der Waals surface area contributed by atoms with Crippen molar-refractivity contribution >= 4 is 28.9 Å². The Balaban J connectivity index is 1.52. The number of nitrogens with one attached hydrogen (secondary N) is 2. The van der Waals surface area contributed by atoms with Crippen LogP contribution < -0.4 is 10.6 Å². The van der Waals surface area contributed by atoms with Crippen molar-refractivity contribution < 1.29 is 28.3 Å². The number of hydrogen-bond donors (Lipinski definition) is 2. The molecule has 2 saturated heterocycles. The van der Waals surface area contributed by atoms with Crippen LogP contribution in [-0.4, -0.2) is 68.0 Å². The van der Waals surface area contributed by atoms with Crippen molar-refractivity contribution in [2.75, 3.05) is 18.4 Å². The molecule has 0 saturated carbocycles. The highest BCUT2D eigenvalue weighted by Gasteiger charge is 2.53. The molecule has 13 heteroatoms. The lowest BCUT2D eigenvalue weighted by molar-refractivity contribution is -0.165. The highest BCUT2D eigenvalue weighted by atomic mass is 16.6. The Morgan fingerprint density at radius 3 is 2.45 bits per heavy atom. The molecule has 3 aromatic rings. The van der Waals surface area contributed by atoms with Crippen molar-refractivity contribution in [1.29, 1.82) is 0 Å². The first kappa shape index (κ1) is 26.0. The fourth-order valence-electron chi connectivity index (χ4n) is 4.81. The quantitative estimate of drug-likeness (QED) is 0.452. The Morgan fingerprint density at radius 2 is 1.79 bits per heavy atom. The summed E-state index contributed by atoms with van der Waals surface area (Å²) in [5.41, 5.74) is 1.47. The number of nitrogens with zero attached hydrogens (tertiary/aromatic N) is 5. The molecule has 2 aliphatic heterocycles. The summed E-state index contributed by atoms with van der Waals surface area (Å²) in [5, 5.41) is 11.0. The molecule has 0 spiro atoms. The maximum Gasteiger partial charge on any atom is 0.303 e. The zero-order chi connectivity index (χ0) is 27.0. The molecular weight excluding hydrogens is 494 g/mol. The summed E-state index contributed by atoms with van der Waals surface area (Å²) >= 11 is 0.